The molecule has 0 saturated carbocycles. The minimum Gasteiger partial charge on any atom is -0.409 e. The smallest absolute Gasteiger partial charge is 0.174 e. The Bertz CT molecular complexity index is 674. The van der Waals surface area contributed by atoms with Crippen molar-refractivity contribution in [1.82, 2.24) is 4.98 Å². The molecular formula is C16H20N4O. The fraction of sp³-hybridized carbons (Fsp3) is 0.250. The number of oxime groups is 1. The number of amidine groups is 1. The molecule has 0 aliphatic carbocycles. The van der Waals surface area contributed by atoms with Gasteiger partial charge in [0, 0.05) is 18.9 Å². The third-order valence-electron chi connectivity index (χ3n) is 3.41. The van der Waals surface area contributed by atoms with Crippen molar-refractivity contribution in [2.24, 2.45) is 10.9 Å². The van der Waals surface area contributed by atoms with E-state index in [4.69, 9.17) is 10.9 Å². The monoisotopic (exact) mass is 284 g/mol. The van der Waals surface area contributed by atoms with E-state index < -0.39 is 0 Å². The van der Waals surface area contributed by atoms with E-state index in [1.54, 1.807) is 6.20 Å². The maximum absolute atomic E-state index is 8.99. The van der Waals surface area contributed by atoms with E-state index in [0.29, 0.717) is 11.4 Å². The van der Waals surface area contributed by atoms with Crippen molar-refractivity contribution in [3.63, 3.8) is 0 Å². The van der Waals surface area contributed by atoms with Gasteiger partial charge in [0.2, 0.25) is 0 Å². The van der Waals surface area contributed by atoms with Crippen molar-refractivity contribution in [1.29, 1.82) is 0 Å². The molecule has 3 N–H and O–H groups in total. The number of benzene rings is 1. The zero-order valence-corrected chi connectivity index (χ0v) is 12.8. The molecule has 1 heterocycles. The second kappa shape index (κ2) is 5.83. The highest BCUT2D eigenvalue weighted by atomic mass is 16.4. The number of anilines is 2. The second-order valence-electron chi connectivity index (χ2n) is 5.22. The number of nitrogens with two attached hydrogens (primary N) is 1. The number of hydrogen-bond acceptors (Lipinski definition) is 4. The summed E-state index contributed by atoms with van der Waals surface area (Å²) in [5.74, 6) is 0.724. The molecule has 0 bridgehead atoms. The molecule has 0 aliphatic rings. The average molecular weight is 284 g/mol. The molecule has 0 unspecified atom stereocenters. The number of nitrogens with zero attached hydrogens (tertiary/aromatic N) is 3. The second-order valence-corrected chi connectivity index (χ2v) is 5.22. The lowest BCUT2D eigenvalue weighted by Crippen LogP contribution is -2.22. The van der Waals surface area contributed by atoms with Crippen LogP contribution in [0.5, 0.6) is 0 Å². The summed E-state index contributed by atoms with van der Waals surface area (Å²) in [6.07, 6.45) is 1.72. The van der Waals surface area contributed by atoms with Gasteiger partial charge in [0.1, 0.15) is 5.82 Å². The van der Waals surface area contributed by atoms with Gasteiger partial charge in [0.25, 0.3) is 0 Å². The van der Waals surface area contributed by atoms with Gasteiger partial charge in [-0.15, -0.1) is 0 Å². The van der Waals surface area contributed by atoms with E-state index in [1.807, 2.05) is 24.9 Å². The first-order valence-corrected chi connectivity index (χ1v) is 6.69. The predicted molar refractivity (Wildman–Crippen MR) is 85.5 cm³/mol. The van der Waals surface area contributed by atoms with Crippen molar-refractivity contribution >= 4 is 17.3 Å². The van der Waals surface area contributed by atoms with E-state index in [1.165, 1.54) is 11.1 Å². The molecule has 1 aromatic heterocycles. The van der Waals surface area contributed by atoms with Crippen LogP contribution >= 0.6 is 0 Å². The normalized spacial score (nSPS) is 11.5. The van der Waals surface area contributed by atoms with Crippen LogP contribution in [-0.4, -0.2) is 23.1 Å². The Balaban J connectivity index is 2.58. The number of pyridine rings is 1. The highest BCUT2D eigenvalue weighted by Crippen LogP contribution is 2.28. The largest absolute Gasteiger partial charge is 0.409 e. The Hall–Kier alpha value is -2.56. The van der Waals surface area contributed by atoms with Gasteiger partial charge in [-0.25, -0.2) is 4.98 Å². The van der Waals surface area contributed by atoms with Gasteiger partial charge < -0.3 is 15.8 Å². The van der Waals surface area contributed by atoms with Gasteiger partial charge in [-0.3, -0.25) is 0 Å². The molecule has 0 fully saturated rings. The van der Waals surface area contributed by atoms with E-state index in [2.05, 4.69) is 42.2 Å². The highest BCUT2D eigenvalue weighted by molar-refractivity contribution is 6.03. The average Bonchev–Trinajstić information content (AvgIpc) is 2.44. The van der Waals surface area contributed by atoms with E-state index >= 15 is 0 Å². The Morgan fingerprint density at radius 2 is 1.81 bits per heavy atom. The third-order valence-corrected chi connectivity index (χ3v) is 3.41. The van der Waals surface area contributed by atoms with Gasteiger partial charge in [0.15, 0.2) is 5.84 Å². The maximum atomic E-state index is 8.99. The summed E-state index contributed by atoms with van der Waals surface area (Å²) in [4.78, 5) is 6.34. The quantitative estimate of drug-likeness (QED) is 0.393. The van der Waals surface area contributed by atoms with Crippen LogP contribution in [0.2, 0.25) is 0 Å². The lowest BCUT2D eigenvalue weighted by molar-refractivity contribution is 0.318. The Kier molecular flexibility index (Phi) is 4.12. The molecule has 0 spiro atoms. The van der Waals surface area contributed by atoms with Crippen LogP contribution < -0.4 is 10.6 Å². The van der Waals surface area contributed by atoms with Gasteiger partial charge in [-0.1, -0.05) is 11.2 Å². The fourth-order valence-corrected chi connectivity index (χ4v) is 2.43. The van der Waals surface area contributed by atoms with Crippen LogP contribution in [-0.2, 0) is 0 Å². The first kappa shape index (κ1) is 14.8. The molecular weight excluding hydrogens is 264 g/mol. The molecule has 21 heavy (non-hydrogen) atoms. The van der Waals surface area contributed by atoms with Crippen molar-refractivity contribution in [2.45, 2.75) is 20.8 Å². The summed E-state index contributed by atoms with van der Waals surface area (Å²) in [6, 6.07) is 8.11. The zero-order chi connectivity index (χ0) is 15.6. The third kappa shape index (κ3) is 2.97. The Labute approximate surface area is 124 Å². The number of aromatic nitrogens is 1. The lowest BCUT2D eigenvalue weighted by Gasteiger charge is -2.22. The molecule has 5 nitrogen and oxygen atoms in total. The molecule has 2 rings (SSSR count). The van der Waals surface area contributed by atoms with Gasteiger partial charge in [0.05, 0.1) is 5.56 Å². The SMILES string of the molecule is Cc1cc(C)cc(N(C)c2nccc(C)c2/C(N)=N/O)c1. The van der Waals surface area contributed by atoms with Gasteiger partial charge >= 0.3 is 0 Å². The summed E-state index contributed by atoms with van der Waals surface area (Å²) in [5, 5.41) is 12.1. The van der Waals surface area contributed by atoms with Crippen LogP contribution in [0.25, 0.3) is 0 Å². The van der Waals surface area contributed by atoms with Crippen LogP contribution in [0.4, 0.5) is 11.5 Å². The summed E-state index contributed by atoms with van der Waals surface area (Å²) in [5.41, 5.74) is 10.7. The van der Waals surface area contributed by atoms with E-state index in [-0.39, 0.29) is 5.84 Å². The van der Waals surface area contributed by atoms with E-state index in [9.17, 15) is 0 Å². The minimum absolute atomic E-state index is 0.0619. The topological polar surface area (TPSA) is 74.7 Å². The molecule has 0 radical (unpaired) electrons. The van der Waals surface area contributed by atoms with Crippen molar-refractivity contribution in [3.8, 4) is 0 Å². The van der Waals surface area contributed by atoms with Crippen molar-refractivity contribution in [3.05, 3.63) is 52.7 Å². The fourth-order valence-electron chi connectivity index (χ4n) is 2.43. The summed E-state index contributed by atoms with van der Waals surface area (Å²) < 4.78 is 0. The molecule has 0 atom stereocenters. The molecule has 5 heteroatoms. The highest BCUT2D eigenvalue weighted by Gasteiger charge is 2.16. The molecule has 110 valence electrons. The van der Waals surface area contributed by atoms with Crippen LogP contribution in [0.15, 0.2) is 35.6 Å². The minimum atomic E-state index is 0.0619. The number of hydrogen-bond donors (Lipinski definition) is 2. The zero-order valence-electron chi connectivity index (χ0n) is 12.8. The van der Waals surface area contributed by atoms with Crippen LogP contribution in [0.1, 0.15) is 22.3 Å². The Morgan fingerprint density at radius 1 is 1.19 bits per heavy atom. The molecule has 0 saturated heterocycles. The molecule has 0 amide bonds. The first-order chi connectivity index (χ1) is 9.93. The standard InChI is InChI=1S/C16H20N4O/c1-10-7-11(2)9-13(8-10)20(4)16-14(15(17)19-21)12(3)5-6-18-16/h5-9,21H,1-4H3,(H2,17,19). The van der Waals surface area contributed by atoms with Gasteiger partial charge in [-0.05, 0) is 55.7 Å². The molecule has 1 aromatic carbocycles. The summed E-state index contributed by atoms with van der Waals surface area (Å²) in [7, 11) is 1.92. The lowest BCUT2D eigenvalue weighted by atomic mass is 10.1. The van der Waals surface area contributed by atoms with Crippen LogP contribution in [0.3, 0.4) is 0 Å². The molecule has 0 aliphatic heterocycles. The molecule has 2 aromatic rings. The first-order valence-electron chi connectivity index (χ1n) is 6.69. The summed E-state index contributed by atoms with van der Waals surface area (Å²) in [6.45, 7) is 6.02. The predicted octanol–water partition coefficient (Wildman–Crippen LogP) is 2.87. The Morgan fingerprint density at radius 3 is 2.38 bits per heavy atom. The van der Waals surface area contributed by atoms with Crippen LogP contribution in [0, 0.1) is 20.8 Å². The van der Waals surface area contributed by atoms with Crippen molar-refractivity contribution in [2.75, 3.05) is 11.9 Å². The van der Waals surface area contributed by atoms with Crippen molar-refractivity contribution < 1.29 is 5.21 Å². The van der Waals surface area contributed by atoms with E-state index in [0.717, 1.165) is 11.3 Å². The van der Waals surface area contributed by atoms with Gasteiger partial charge in [-0.2, -0.15) is 0 Å². The number of rotatable bonds is 3. The summed E-state index contributed by atoms with van der Waals surface area (Å²) >= 11 is 0. The number of aryl methyl sites for hydroxylation is 3. The maximum Gasteiger partial charge on any atom is 0.174 e.